The molecular formula is C3HF5O5S. The van der Waals surface area contributed by atoms with E-state index in [0.717, 1.165) is 0 Å². The second kappa shape index (κ2) is 3.31. The molecule has 0 aromatic heterocycles. The molecule has 0 aromatic rings. The average molecular weight is 244 g/mol. The molecule has 0 atom stereocenters. The van der Waals surface area contributed by atoms with Crippen LogP contribution in [0.4, 0.5) is 22.1 Å². The smallest absolute Gasteiger partial charge is 0.446 e. The Kier molecular flexibility index (Phi) is 3.08. The monoisotopic (exact) mass is 244 g/mol. The van der Waals surface area contributed by atoms with Crippen molar-refractivity contribution in [3.63, 3.8) is 0 Å². The quantitative estimate of drug-likeness (QED) is 0.729. The number of halogens is 5. The summed E-state index contributed by atoms with van der Waals surface area (Å²) in [7, 11) is -6.63. The van der Waals surface area contributed by atoms with E-state index in [4.69, 9.17) is 5.11 Å². The Balaban J connectivity index is 5.48. The van der Waals surface area contributed by atoms with Gasteiger partial charge in [-0.1, -0.05) is 4.39 Å². The van der Waals surface area contributed by atoms with Gasteiger partial charge in [0.2, 0.25) is 0 Å². The summed E-state index contributed by atoms with van der Waals surface area (Å²) in [5, 5.41) is 1.37. The van der Waals surface area contributed by atoms with Crippen LogP contribution < -0.4 is 0 Å². The maximum absolute atomic E-state index is 12.1. The summed E-state index contributed by atoms with van der Waals surface area (Å²) < 4.78 is 80.7. The number of alkyl halides is 4. The number of hydrogen-bond donors (Lipinski definition) is 1. The van der Waals surface area contributed by atoms with Gasteiger partial charge in [0.1, 0.15) is 0 Å². The van der Waals surface area contributed by atoms with Crippen LogP contribution >= 0.6 is 0 Å². The lowest BCUT2D eigenvalue weighted by atomic mass is 10.3. The van der Waals surface area contributed by atoms with Crippen LogP contribution in [0.5, 0.6) is 0 Å². The SMILES string of the molecule is O=C(O)C(F)(F)C(F)(F)S(=O)(=O)OF. The lowest BCUT2D eigenvalue weighted by Crippen LogP contribution is -2.52. The molecule has 0 rings (SSSR count). The number of carbonyl (C=O) groups is 1. The highest BCUT2D eigenvalue weighted by Crippen LogP contribution is 2.39. The molecule has 11 heteroatoms. The van der Waals surface area contributed by atoms with Gasteiger partial charge in [-0.25, -0.2) is 4.79 Å². The highest BCUT2D eigenvalue weighted by molar-refractivity contribution is 7.87. The largest absolute Gasteiger partial charge is 0.477 e. The summed E-state index contributed by atoms with van der Waals surface area (Å²) in [4.78, 5) is 9.56. The molecule has 0 aliphatic heterocycles. The van der Waals surface area contributed by atoms with Gasteiger partial charge in [-0.2, -0.15) is 26.0 Å². The highest BCUT2D eigenvalue weighted by Gasteiger charge is 2.72. The van der Waals surface area contributed by atoms with E-state index in [-0.39, 0.29) is 0 Å². The molecule has 84 valence electrons. The van der Waals surface area contributed by atoms with E-state index in [1.807, 2.05) is 0 Å². The van der Waals surface area contributed by atoms with E-state index in [2.05, 4.69) is 0 Å². The van der Waals surface area contributed by atoms with Gasteiger partial charge in [0.25, 0.3) is 0 Å². The fraction of sp³-hybridized carbons (Fsp3) is 0.667. The molecule has 0 aromatic carbocycles. The van der Waals surface area contributed by atoms with E-state index in [9.17, 15) is 35.3 Å². The molecule has 0 unspecified atom stereocenters. The number of aliphatic carboxylic acids is 1. The zero-order chi connectivity index (χ0) is 11.8. The average Bonchev–Trinajstić information content (AvgIpc) is 2.03. The first kappa shape index (κ1) is 13.0. The molecule has 5 nitrogen and oxygen atoms in total. The van der Waals surface area contributed by atoms with Crippen LogP contribution in [-0.4, -0.2) is 30.7 Å². The first-order valence-electron chi connectivity index (χ1n) is 2.54. The van der Waals surface area contributed by atoms with Gasteiger partial charge in [0.05, 0.1) is 0 Å². The van der Waals surface area contributed by atoms with Crippen LogP contribution in [0.2, 0.25) is 0 Å². The molecule has 1 N–H and O–H groups in total. The van der Waals surface area contributed by atoms with Crippen molar-refractivity contribution in [2.45, 2.75) is 11.2 Å². The first-order valence-corrected chi connectivity index (χ1v) is 3.95. The van der Waals surface area contributed by atoms with Crippen LogP contribution in [0.3, 0.4) is 0 Å². The van der Waals surface area contributed by atoms with Gasteiger partial charge in [0.15, 0.2) is 0 Å². The molecule has 0 saturated carbocycles. The Labute approximate surface area is 73.1 Å². The Hall–Kier alpha value is -0.970. The van der Waals surface area contributed by atoms with Gasteiger partial charge in [-0.05, 0) is 4.53 Å². The second-order valence-electron chi connectivity index (χ2n) is 1.91. The summed E-state index contributed by atoms with van der Waals surface area (Å²) in [5.74, 6) is -9.42. The summed E-state index contributed by atoms with van der Waals surface area (Å²) in [6.07, 6.45) is 0. The second-order valence-corrected chi connectivity index (χ2v) is 3.46. The third kappa shape index (κ3) is 1.64. The van der Waals surface area contributed by atoms with Crippen molar-refractivity contribution >= 4 is 16.1 Å². The Morgan fingerprint density at radius 2 is 1.57 bits per heavy atom. The molecule has 0 spiro atoms. The Bertz CT molecular complexity index is 333. The molecule has 0 radical (unpaired) electrons. The maximum atomic E-state index is 12.1. The molecule has 0 amide bonds. The summed E-state index contributed by atoms with van der Waals surface area (Å²) >= 11 is 0. The standard InChI is InChI=1S/C3HF5O5S/c4-2(5,1(9)10)3(6,7)14(11,12)13-8/h(H,9,10). The van der Waals surface area contributed by atoms with Crippen molar-refractivity contribution in [1.82, 2.24) is 0 Å². The molecular weight excluding hydrogens is 243 g/mol. The molecule has 0 aliphatic rings. The van der Waals surface area contributed by atoms with E-state index in [1.165, 1.54) is 0 Å². The van der Waals surface area contributed by atoms with E-state index in [1.54, 1.807) is 4.39 Å². The predicted molar refractivity (Wildman–Crippen MR) is 28.6 cm³/mol. The number of carboxylic acids is 1. The Morgan fingerprint density at radius 3 is 1.79 bits per heavy atom. The minimum Gasteiger partial charge on any atom is -0.477 e. The molecule has 0 saturated heterocycles. The number of carboxylic acid groups (broad SMARTS) is 1. The number of rotatable bonds is 4. The van der Waals surface area contributed by atoms with Crippen LogP contribution in [0.25, 0.3) is 0 Å². The van der Waals surface area contributed by atoms with E-state index >= 15 is 0 Å². The van der Waals surface area contributed by atoms with Gasteiger partial charge in [-0.15, -0.1) is 0 Å². The normalized spacial score (nSPS) is 14.1. The van der Waals surface area contributed by atoms with Crippen molar-refractivity contribution in [2.24, 2.45) is 0 Å². The highest BCUT2D eigenvalue weighted by atomic mass is 32.2. The minimum absolute atomic E-state index is 1.62. The molecule has 0 fully saturated rings. The van der Waals surface area contributed by atoms with Crippen LogP contribution in [0, 0.1) is 0 Å². The molecule has 0 aliphatic carbocycles. The number of hydrogen-bond acceptors (Lipinski definition) is 4. The van der Waals surface area contributed by atoms with E-state index in [0.29, 0.717) is 0 Å². The first-order chi connectivity index (χ1) is 6.00. The maximum Gasteiger partial charge on any atom is 0.446 e. The Morgan fingerprint density at radius 1 is 1.21 bits per heavy atom. The zero-order valence-electron chi connectivity index (χ0n) is 5.88. The fourth-order valence-electron chi connectivity index (χ4n) is 0.321. The summed E-state index contributed by atoms with van der Waals surface area (Å²) in [6, 6.07) is 0. The lowest BCUT2D eigenvalue weighted by molar-refractivity contribution is -0.202. The van der Waals surface area contributed by atoms with Gasteiger partial charge in [0, 0.05) is 0 Å². The van der Waals surface area contributed by atoms with E-state index < -0.39 is 27.3 Å². The van der Waals surface area contributed by atoms with Crippen LogP contribution in [0.15, 0.2) is 0 Å². The summed E-state index contributed by atoms with van der Waals surface area (Å²) in [5.41, 5.74) is 0. The van der Waals surface area contributed by atoms with Gasteiger partial charge >= 0.3 is 27.3 Å². The van der Waals surface area contributed by atoms with Crippen molar-refractivity contribution in [1.29, 1.82) is 0 Å². The summed E-state index contributed by atoms with van der Waals surface area (Å²) in [6.45, 7) is 0. The van der Waals surface area contributed by atoms with Crippen molar-refractivity contribution in [3.05, 3.63) is 0 Å². The van der Waals surface area contributed by atoms with Crippen LogP contribution in [0.1, 0.15) is 0 Å². The third-order valence-corrected chi connectivity index (χ3v) is 2.08. The molecule has 0 heterocycles. The van der Waals surface area contributed by atoms with Crippen molar-refractivity contribution in [3.8, 4) is 0 Å². The van der Waals surface area contributed by atoms with Crippen molar-refractivity contribution in [2.75, 3.05) is 0 Å². The van der Waals surface area contributed by atoms with Crippen molar-refractivity contribution < 1.29 is 44.8 Å². The minimum atomic E-state index is -6.63. The predicted octanol–water partition coefficient (Wildman–Crippen LogP) is 0.530. The topological polar surface area (TPSA) is 80.7 Å². The lowest BCUT2D eigenvalue weighted by Gasteiger charge is -2.19. The van der Waals surface area contributed by atoms with Gasteiger partial charge < -0.3 is 5.11 Å². The van der Waals surface area contributed by atoms with Gasteiger partial charge in [-0.3, -0.25) is 0 Å². The fourth-order valence-corrected chi connectivity index (χ4v) is 0.801. The molecule has 14 heavy (non-hydrogen) atoms. The zero-order valence-corrected chi connectivity index (χ0v) is 6.69. The molecule has 0 bridgehead atoms. The third-order valence-electron chi connectivity index (χ3n) is 1.03. The van der Waals surface area contributed by atoms with Crippen LogP contribution in [-0.2, 0) is 19.3 Å².